The fourth-order valence-corrected chi connectivity index (χ4v) is 14.5. The molecule has 8 amide bonds. The number of ether oxygens (including phenoxy) is 2. The van der Waals surface area contributed by atoms with E-state index in [1.54, 1.807) is 43.5 Å². The second-order valence-corrected chi connectivity index (χ2v) is 28.0. The molecule has 4 N–H and O–H groups in total. The fraction of sp³-hybridized carbons (Fsp3) is 0.600. The number of likely N-dealkylation sites (tertiary alicyclic amines) is 2. The van der Waals surface area contributed by atoms with Crippen molar-refractivity contribution in [1.29, 1.82) is 0 Å². The lowest BCUT2D eigenvalue weighted by molar-refractivity contribution is -0.154. The summed E-state index contributed by atoms with van der Waals surface area (Å²) in [5, 5.41) is 35.7. The third kappa shape index (κ3) is 21.5. The van der Waals surface area contributed by atoms with Crippen LogP contribution in [-0.4, -0.2) is 176 Å². The van der Waals surface area contributed by atoms with E-state index >= 15 is 0 Å². The number of esters is 2. The van der Waals surface area contributed by atoms with Crippen molar-refractivity contribution in [3.63, 3.8) is 0 Å². The molecule has 101 heavy (non-hydrogen) atoms. The SMILES string of the molecule is C#CCN(CCC(=O)NCCCO)C(=O)CCCCCN1C(=O)[C@@H]2[C@H](C1=O)[C@H]1C=C[C@@H]2C1.CCOC(=O)C(C)(C)CC(N=[N+]=[N-])c1ccccc1.CCOC(=O)C(C)(C)CC(c1ccccc1)n1cc(CN(CCC(=O)NCCO)C(=O)CCCCCN2C(=O)[C@@H]3[C@H](C2=O)[C@H]2C=C[C@@H]3C2)nn1. The highest BCUT2D eigenvalue weighted by Gasteiger charge is 2.60. The number of benzene rings is 2. The van der Waals surface area contributed by atoms with Crippen molar-refractivity contribution < 1.29 is 67.6 Å². The van der Waals surface area contributed by atoms with Crippen LogP contribution in [0.2, 0.25) is 0 Å². The number of hydrogen-bond donors (Lipinski definition) is 4. The average molecular weight is 1400 g/mol. The normalized spacial score (nSPS) is 20.9. The summed E-state index contributed by atoms with van der Waals surface area (Å²) in [4.78, 5) is 135. The molecule has 3 aromatic rings. The van der Waals surface area contributed by atoms with Gasteiger partial charge in [0, 0.05) is 76.5 Å². The number of aliphatic hydroxyl groups is 2. The molecule has 26 nitrogen and oxygen atoms in total. The summed E-state index contributed by atoms with van der Waals surface area (Å²) in [6.45, 7) is 13.3. The number of terminal acetylenes is 1. The van der Waals surface area contributed by atoms with Crippen LogP contribution in [0.4, 0.5) is 0 Å². The van der Waals surface area contributed by atoms with Gasteiger partial charge in [0.25, 0.3) is 0 Å². The smallest absolute Gasteiger partial charge is 0.311 e. The van der Waals surface area contributed by atoms with E-state index in [0.29, 0.717) is 89.7 Å². The first kappa shape index (κ1) is 79.3. The molecular weight excluding hydrogens is 1290 g/mol. The van der Waals surface area contributed by atoms with Crippen molar-refractivity contribution in [3.8, 4) is 12.3 Å². The van der Waals surface area contributed by atoms with Crippen LogP contribution in [0.3, 0.4) is 0 Å². The number of nitrogens with zero attached hydrogens (tertiary/aromatic N) is 10. The minimum absolute atomic E-state index is 0.0153. The summed E-state index contributed by atoms with van der Waals surface area (Å²) >= 11 is 0. The number of imide groups is 2. The molecule has 546 valence electrons. The van der Waals surface area contributed by atoms with Crippen molar-refractivity contribution in [2.45, 2.75) is 156 Å². The molecule has 26 heteroatoms. The van der Waals surface area contributed by atoms with Crippen molar-refractivity contribution >= 4 is 59.2 Å². The minimum atomic E-state index is -0.808. The molecule has 2 aromatic carbocycles. The van der Waals surface area contributed by atoms with Crippen LogP contribution < -0.4 is 10.6 Å². The largest absolute Gasteiger partial charge is 0.466 e. The number of hydrogen-bond acceptors (Lipinski definition) is 17. The van der Waals surface area contributed by atoms with Gasteiger partial charge in [0.05, 0.1) is 85.7 Å². The molecular formula is C75H102N12O14. The van der Waals surface area contributed by atoms with Crippen LogP contribution >= 0.6 is 0 Å². The number of azide groups is 1. The first-order valence-corrected chi connectivity index (χ1v) is 35.7. The summed E-state index contributed by atoms with van der Waals surface area (Å²) < 4.78 is 12.1. The molecule has 2 unspecified atom stereocenters. The van der Waals surface area contributed by atoms with Crippen LogP contribution in [0.15, 0.2) is 96.3 Å². The lowest BCUT2D eigenvalue weighted by Gasteiger charge is -2.28. The molecule has 4 aliphatic carbocycles. The number of nitrogens with one attached hydrogen (secondary N) is 2. The van der Waals surface area contributed by atoms with E-state index in [1.807, 2.05) is 74.5 Å². The topological polar surface area (TPSA) is 346 Å². The predicted octanol–water partition coefficient (Wildman–Crippen LogP) is 7.76. The van der Waals surface area contributed by atoms with E-state index in [1.165, 1.54) is 14.7 Å². The first-order chi connectivity index (χ1) is 48.5. The molecule has 2 saturated heterocycles. The number of carbonyl (C=O) groups excluding carboxylic acids is 10. The highest BCUT2D eigenvalue weighted by molar-refractivity contribution is 6.07. The van der Waals surface area contributed by atoms with E-state index in [-0.39, 0.29) is 190 Å². The number of unbranched alkanes of at least 4 members (excludes halogenated alkanes) is 4. The van der Waals surface area contributed by atoms with Gasteiger partial charge in [0.2, 0.25) is 47.3 Å². The molecule has 1 aromatic heterocycles. The summed E-state index contributed by atoms with van der Waals surface area (Å²) in [6, 6.07) is 18.4. The molecule has 2 aliphatic heterocycles. The van der Waals surface area contributed by atoms with Crippen molar-refractivity contribution in [2.24, 2.45) is 63.3 Å². The number of carbonyl (C=O) groups is 10. The number of aliphatic hydroxyl groups excluding tert-OH is 2. The molecule has 2 saturated carbocycles. The zero-order chi connectivity index (χ0) is 73.2. The molecule has 4 bridgehead atoms. The van der Waals surface area contributed by atoms with Gasteiger partial charge in [0.15, 0.2) is 0 Å². The fourth-order valence-electron chi connectivity index (χ4n) is 14.5. The second-order valence-electron chi connectivity index (χ2n) is 28.0. The number of aromatic nitrogens is 3. The highest BCUT2D eigenvalue weighted by Crippen LogP contribution is 2.54. The zero-order valence-electron chi connectivity index (χ0n) is 59.4. The summed E-state index contributed by atoms with van der Waals surface area (Å²) in [7, 11) is 0. The standard InChI is InChI=1S/C37H50N6O7.C24H33N3O5.C14H19N3O2/c1-4-50-36(49)37(2,3)22-29(25-11-7-5-8-12-25)43-24-28(39-40-43)23-41(19-16-30(45)38-17-20-44)31(46)13-9-6-10-18-42-34(47)32-26-14-15-27(21-26)33(32)35(42)48;1-2-12-26(14-10-19(29)25-11-6-15-28)20(30)7-4-3-5-13-27-23(31)21-17-8-9-18(16-17)22(21)24(27)32;1-4-19-13(18)14(2,3)10-12(16-17-15)11-8-6-5-7-9-11/h5,7-8,11-12,14-15,24,26-27,29,32-33,44H,4,6,9-10,13,16-23H2,1-3H3,(H,38,45);1,8-9,17-18,21-22,28H,3-7,10-16H2,(H,25,29);5-9,12H,4,10H2,1-3H3/t26-,27+,29?,32+,33-;17-,18+,21+,22-;. The van der Waals surface area contributed by atoms with Gasteiger partial charge in [-0.05, 0) is 140 Å². The van der Waals surface area contributed by atoms with E-state index in [0.717, 1.165) is 30.4 Å². The third-order valence-electron chi connectivity index (χ3n) is 19.8. The van der Waals surface area contributed by atoms with Crippen molar-refractivity contribution in [3.05, 3.63) is 118 Å². The number of fused-ring (bicyclic) bond motifs is 10. The van der Waals surface area contributed by atoms with Gasteiger partial charge < -0.3 is 40.1 Å². The molecule has 0 radical (unpaired) electrons. The summed E-state index contributed by atoms with van der Waals surface area (Å²) in [5.41, 5.74) is 9.56. The van der Waals surface area contributed by atoms with Gasteiger partial charge in [0.1, 0.15) is 5.69 Å². The first-order valence-electron chi connectivity index (χ1n) is 35.7. The van der Waals surface area contributed by atoms with Gasteiger partial charge in [-0.15, -0.1) is 11.5 Å². The monoisotopic (exact) mass is 1390 g/mol. The third-order valence-corrected chi connectivity index (χ3v) is 19.8. The lowest BCUT2D eigenvalue weighted by Crippen LogP contribution is -2.36. The van der Waals surface area contributed by atoms with Gasteiger partial charge in [-0.25, -0.2) is 4.68 Å². The van der Waals surface area contributed by atoms with E-state index in [9.17, 15) is 47.9 Å². The van der Waals surface area contributed by atoms with Gasteiger partial charge in [-0.1, -0.05) is 114 Å². The van der Waals surface area contributed by atoms with Gasteiger partial charge in [-0.2, -0.15) is 0 Å². The van der Waals surface area contributed by atoms with Crippen LogP contribution in [0.5, 0.6) is 0 Å². The quantitative estimate of drug-likeness (QED) is 0.00622. The maximum Gasteiger partial charge on any atom is 0.311 e. The second kappa shape index (κ2) is 38.7. The number of rotatable bonds is 38. The Hall–Kier alpha value is -9.05. The van der Waals surface area contributed by atoms with Crippen LogP contribution in [0, 0.1) is 70.5 Å². The number of amides is 8. The summed E-state index contributed by atoms with van der Waals surface area (Å²) in [5.74, 6) is 1.13. The Labute approximate surface area is 592 Å². The van der Waals surface area contributed by atoms with Crippen molar-refractivity contribution in [2.75, 3.05) is 72.2 Å². The van der Waals surface area contributed by atoms with E-state index in [2.05, 4.69) is 61.2 Å². The van der Waals surface area contributed by atoms with E-state index in [4.69, 9.17) is 31.6 Å². The zero-order valence-corrected chi connectivity index (χ0v) is 59.4. The molecule has 6 aliphatic rings. The van der Waals surface area contributed by atoms with E-state index < -0.39 is 10.8 Å². The van der Waals surface area contributed by atoms with Crippen molar-refractivity contribution in [1.82, 2.24) is 45.2 Å². The average Bonchev–Trinajstić information content (AvgIpc) is 1.59. The molecule has 3 heterocycles. The van der Waals surface area contributed by atoms with Gasteiger partial charge in [-0.3, -0.25) is 57.7 Å². The van der Waals surface area contributed by atoms with Crippen LogP contribution in [0.25, 0.3) is 10.4 Å². The highest BCUT2D eigenvalue weighted by atomic mass is 16.5. The number of allylic oxidation sites excluding steroid dienone is 4. The Morgan fingerprint density at radius 2 is 1.09 bits per heavy atom. The predicted molar refractivity (Wildman–Crippen MR) is 374 cm³/mol. The van der Waals surface area contributed by atoms with Crippen LogP contribution in [-0.2, 0) is 64.0 Å². The maximum absolute atomic E-state index is 13.5. The van der Waals surface area contributed by atoms with Crippen LogP contribution in [0.1, 0.15) is 167 Å². The summed E-state index contributed by atoms with van der Waals surface area (Å²) in [6.07, 6.45) is 23.3. The Morgan fingerprint density at radius 3 is 1.54 bits per heavy atom. The Bertz CT molecular complexity index is 3430. The van der Waals surface area contributed by atoms with Gasteiger partial charge >= 0.3 is 11.9 Å². The Kier molecular flexibility index (Phi) is 30.4. The maximum atomic E-state index is 13.5. The molecule has 10 atom stereocenters. The lowest BCUT2D eigenvalue weighted by atomic mass is 9.83. The Morgan fingerprint density at radius 1 is 0.634 bits per heavy atom. The minimum Gasteiger partial charge on any atom is -0.466 e. The molecule has 0 spiro atoms. The molecule has 4 fully saturated rings. The molecule has 9 rings (SSSR count). The Balaban J connectivity index is 0.000000239.